The van der Waals surface area contributed by atoms with E-state index in [1.54, 1.807) is 7.11 Å². The Morgan fingerprint density at radius 3 is 2.81 bits per heavy atom. The number of methoxy groups -OCH3 is 1. The lowest BCUT2D eigenvalue weighted by atomic mass is 10.0. The van der Waals surface area contributed by atoms with E-state index in [-0.39, 0.29) is 0 Å². The number of aromatic amines is 1. The third-order valence-corrected chi connectivity index (χ3v) is 2.63. The summed E-state index contributed by atoms with van der Waals surface area (Å²) in [6.45, 7) is 2.06. The van der Waals surface area contributed by atoms with Gasteiger partial charge >= 0.3 is 0 Å². The minimum absolute atomic E-state index is 0.559. The second-order valence-corrected chi connectivity index (χ2v) is 3.52. The Kier molecular flexibility index (Phi) is 2.81. The van der Waals surface area contributed by atoms with E-state index in [1.165, 1.54) is 0 Å². The van der Waals surface area contributed by atoms with Gasteiger partial charge in [-0.05, 0) is 18.6 Å². The molecule has 2 aromatic rings. The van der Waals surface area contributed by atoms with Crippen molar-refractivity contribution in [3.8, 4) is 17.0 Å². The molecule has 0 saturated heterocycles. The summed E-state index contributed by atoms with van der Waals surface area (Å²) in [5.74, 6) is 1.38. The predicted molar refractivity (Wildman–Crippen MR) is 64.4 cm³/mol. The molecule has 0 atom stereocenters. The molecule has 0 saturated carbocycles. The van der Waals surface area contributed by atoms with Crippen LogP contribution in [-0.4, -0.2) is 17.3 Å². The standard InChI is InChI=1S/C12H15N3O/c1-3-8-11(14-15-12(8)13)9-6-4-5-7-10(9)16-2/h4-7H,3H2,1-2H3,(H3,13,14,15). The third-order valence-electron chi connectivity index (χ3n) is 2.63. The number of nitrogens with one attached hydrogen (secondary N) is 1. The lowest BCUT2D eigenvalue weighted by molar-refractivity contribution is 0.416. The first-order valence-electron chi connectivity index (χ1n) is 5.24. The molecule has 1 aromatic heterocycles. The van der Waals surface area contributed by atoms with Crippen molar-refractivity contribution in [3.63, 3.8) is 0 Å². The van der Waals surface area contributed by atoms with Gasteiger partial charge in [0.2, 0.25) is 0 Å². The van der Waals surface area contributed by atoms with Crippen molar-refractivity contribution in [1.29, 1.82) is 0 Å². The van der Waals surface area contributed by atoms with Crippen LogP contribution in [0.15, 0.2) is 24.3 Å². The van der Waals surface area contributed by atoms with Gasteiger partial charge in [-0.1, -0.05) is 19.1 Å². The molecule has 0 bridgehead atoms. The van der Waals surface area contributed by atoms with Crippen LogP contribution in [0.1, 0.15) is 12.5 Å². The summed E-state index contributed by atoms with van der Waals surface area (Å²) in [5.41, 5.74) is 8.76. The van der Waals surface area contributed by atoms with Crippen LogP contribution in [0.25, 0.3) is 11.3 Å². The largest absolute Gasteiger partial charge is 0.496 e. The fourth-order valence-electron chi connectivity index (χ4n) is 1.81. The van der Waals surface area contributed by atoms with E-state index < -0.39 is 0 Å². The maximum absolute atomic E-state index is 5.80. The van der Waals surface area contributed by atoms with Crippen molar-refractivity contribution in [2.45, 2.75) is 13.3 Å². The van der Waals surface area contributed by atoms with Gasteiger partial charge in [-0.15, -0.1) is 0 Å². The molecule has 0 aliphatic carbocycles. The van der Waals surface area contributed by atoms with Gasteiger partial charge in [-0.2, -0.15) is 5.10 Å². The second kappa shape index (κ2) is 4.26. The Labute approximate surface area is 94.4 Å². The number of para-hydroxylation sites is 1. The number of nitrogens with zero attached hydrogens (tertiary/aromatic N) is 1. The van der Waals surface area contributed by atoms with Gasteiger partial charge < -0.3 is 10.5 Å². The molecule has 0 radical (unpaired) electrons. The molecule has 0 spiro atoms. The first-order chi connectivity index (χ1) is 7.77. The van der Waals surface area contributed by atoms with Crippen LogP contribution in [0.5, 0.6) is 5.75 Å². The smallest absolute Gasteiger partial charge is 0.149 e. The molecular weight excluding hydrogens is 202 g/mol. The SMILES string of the molecule is CCc1c(N)n[nH]c1-c1ccccc1OC. The Balaban J connectivity index is 2.58. The number of nitrogen functional groups attached to an aromatic ring is 1. The van der Waals surface area contributed by atoms with Gasteiger partial charge in [0.05, 0.1) is 12.8 Å². The maximum atomic E-state index is 5.80. The normalized spacial score (nSPS) is 10.4. The number of rotatable bonds is 3. The molecule has 0 fully saturated rings. The number of benzene rings is 1. The summed E-state index contributed by atoms with van der Waals surface area (Å²) >= 11 is 0. The minimum atomic E-state index is 0.559. The van der Waals surface area contributed by atoms with E-state index >= 15 is 0 Å². The Morgan fingerprint density at radius 1 is 1.38 bits per heavy atom. The van der Waals surface area contributed by atoms with Crippen LogP contribution in [0.4, 0.5) is 5.82 Å². The molecule has 16 heavy (non-hydrogen) atoms. The first-order valence-corrected chi connectivity index (χ1v) is 5.24. The zero-order valence-electron chi connectivity index (χ0n) is 9.45. The molecule has 0 amide bonds. The molecule has 84 valence electrons. The monoisotopic (exact) mass is 217 g/mol. The summed E-state index contributed by atoms with van der Waals surface area (Å²) in [6, 6.07) is 7.82. The minimum Gasteiger partial charge on any atom is -0.496 e. The van der Waals surface area contributed by atoms with Gasteiger partial charge in [0, 0.05) is 11.1 Å². The van der Waals surface area contributed by atoms with Crippen molar-refractivity contribution in [3.05, 3.63) is 29.8 Å². The van der Waals surface area contributed by atoms with Gasteiger partial charge in [0.15, 0.2) is 0 Å². The van der Waals surface area contributed by atoms with E-state index in [1.807, 2.05) is 24.3 Å². The quantitative estimate of drug-likeness (QED) is 0.828. The molecule has 2 rings (SSSR count). The van der Waals surface area contributed by atoms with E-state index in [0.717, 1.165) is 29.0 Å². The Morgan fingerprint density at radius 2 is 2.12 bits per heavy atom. The second-order valence-electron chi connectivity index (χ2n) is 3.52. The summed E-state index contributed by atoms with van der Waals surface area (Å²) in [6.07, 6.45) is 0.843. The zero-order chi connectivity index (χ0) is 11.5. The van der Waals surface area contributed by atoms with Gasteiger partial charge in [0.1, 0.15) is 11.6 Å². The molecular formula is C12H15N3O. The highest BCUT2D eigenvalue weighted by Gasteiger charge is 2.13. The lowest BCUT2D eigenvalue weighted by Crippen LogP contribution is -1.92. The van der Waals surface area contributed by atoms with Crippen LogP contribution >= 0.6 is 0 Å². The number of nitrogens with two attached hydrogens (primary N) is 1. The highest BCUT2D eigenvalue weighted by molar-refractivity contribution is 5.73. The Bertz CT molecular complexity index is 491. The number of H-pyrrole nitrogens is 1. The van der Waals surface area contributed by atoms with Gasteiger partial charge in [-0.3, -0.25) is 5.10 Å². The summed E-state index contributed by atoms with van der Waals surface area (Å²) in [5, 5.41) is 7.00. The highest BCUT2D eigenvalue weighted by atomic mass is 16.5. The molecule has 0 unspecified atom stereocenters. The maximum Gasteiger partial charge on any atom is 0.149 e. The molecule has 1 aromatic carbocycles. The fourth-order valence-corrected chi connectivity index (χ4v) is 1.81. The lowest BCUT2D eigenvalue weighted by Gasteiger charge is -2.07. The van der Waals surface area contributed by atoms with Crippen molar-refractivity contribution >= 4 is 5.82 Å². The molecule has 4 nitrogen and oxygen atoms in total. The molecule has 3 N–H and O–H groups in total. The van der Waals surface area contributed by atoms with Crippen LogP contribution in [0.3, 0.4) is 0 Å². The van der Waals surface area contributed by atoms with E-state index in [9.17, 15) is 0 Å². The van der Waals surface area contributed by atoms with Crippen molar-refractivity contribution in [2.75, 3.05) is 12.8 Å². The average Bonchev–Trinajstić information content (AvgIpc) is 2.70. The summed E-state index contributed by atoms with van der Waals surface area (Å²) in [4.78, 5) is 0. The zero-order valence-corrected chi connectivity index (χ0v) is 9.45. The topological polar surface area (TPSA) is 63.9 Å². The highest BCUT2D eigenvalue weighted by Crippen LogP contribution is 2.32. The number of hydrogen-bond acceptors (Lipinski definition) is 3. The van der Waals surface area contributed by atoms with Crippen molar-refractivity contribution in [2.24, 2.45) is 0 Å². The van der Waals surface area contributed by atoms with Crippen molar-refractivity contribution < 1.29 is 4.74 Å². The molecule has 4 heteroatoms. The summed E-state index contributed by atoms with van der Waals surface area (Å²) < 4.78 is 5.32. The fraction of sp³-hybridized carbons (Fsp3) is 0.250. The van der Waals surface area contributed by atoms with Gasteiger partial charge in [-0.25, -0.2) is 0 Å². The van der Waals surface area contributed by atoms with E-state index in [0.29, 0.717) is 5.82 Å². The van der Waals surface area contributed by atoms with Gasteiger partial charge in [0.25, 0.3) is 0 Å². The van der Waals surface area contributed by atoms with Crippen LogP contribution in [0, 0.1) is 0 Å². The number of anilines is 1. The number of ether oxygens (including phenoxy) is 1. The molecule has 0 aliphatic rings. The predicted octanol–water partition coefficient (Wildman–Crippen LogP) is 2.23. The Hall–Kier alpha value is -1.97. The molecule has 1 heterocycles. The first kappa shape index (κ1) is 10.5. The number of hydrogen-bond donors (Lipinski definition) is 2. The summed E-state index contributed by atoms with van der Waals surface area (Å²) in [7, 11) is 1.66. The average molecular weight is 217 g/mol. The van der Waals surface area contributed by atoms with Crippen LogP contribution in [-0.2, 0) is 6.42 Å². The van der Waals surface area contributed by atoms with E-state index in [4.69, 9.17) is 10.5 Å². The van der Waals surface area contributed by atoms with Crippen molar-refractivity contribution in [1.82, 2.24) is 10.2 Å². The number of aromatic nitrogens is 2. The molecule has 0 aliphatic heterocycles. The third kappa shape index (κ3) is 1.62. The van der Waals surface area contributed by atoms with Crippen LogP contribution in [0.2, 0.25) is 0 Å². The van der Waals surface area contributed by atoms with Crippen LogP contribution < -0.4 is 10.5 Å². The van der Waals surface area contributed by atoms with E-state index in [2.05, 4.69) is 17.1 Å².